The minimum absolute atomic E-state index is 0.0957. The first-order valence-corrected chi connectivity index (χ1v) is 7.84. The van der Waals surface area contributed by atoms with Crippen LogP contribution >= 0.6 is 0 Å². The molecule has 4 rings (SSSR count). The lowest BCUT2D eigenvalue weighted by Crippen LogP contribution is -2.37. The van der Waals surface area contributed by atoms with E-state index in [0.29, 0.717) is 24.1 Å². The molecule has 6 nitrogen and oxygen atoms in total. The van der Waals surface area contributed by atoms with Crippen molar-refractivity contribution in [3.05, 3.63) is 58.1 Å². The van der Waals surface area contributed by atoms with E-state index < -0.39 is 5.60 Å². The summed E-state index contributed by atoms with van der Waals surface area (Å²) in [5.41, 5.74) is 8.51. The van der Waals surface area contributed by atoms with E-state index in [1.54, 1.807) is 0 Å². The van der Waals surface area contributed by atoms with Crippen LogP contribution in [0, 0.1) is 0 Å². The highest BCUT2D eigenvalue weighted by molar-refractivity contribution is 5.87. The van der Waals surface area contributed by atoms with E-state index in [1.165, 1.54) is 6.33 Å². The minimum Gasteiger partial charge on any atom is -0.383 e. The maximum absolute atomic E-state index is 13.0. The molecule has 0 saturated carbocycles. The van der Waals surface area contributed by atoms with Crippen LogP contribution in [0.1, 0.15) is 25.1 Å². The molecule has 0 aliphatic carbocycles. The van der Waals surface area contributed by atoms with Crippen molar-refractivity contribution < 1.29 is 4.74 Å². The second-order valence-electron chi connectivity index (χ2n) is 6.61. The number of rotatable bonds is 1. The summed E-state index contributed by atoms with van der Waals surface area (Å²) in [5.74, 6) is 0.210. The Morgan fingerprint density at radius 1 is 1.21 bits per heavy atom. The van der Waals surface area contributed by atoms with Gasteiger partial charge >= 0.3 is 0 Å². The summed E-state index contributed by atoms with van der Waals surface area (Å²) in [6.07, 6.45) is 1.91. The van der Waals surface area contributed by atoms with Gasteiger partial charge in [-0.25, -0.2) is 9.97 Å². The summed E-state index contributed by atoms with van der Waals surface area (Å²) in [7, 11) is 0. The van der Waals surface area contributed by atoms with Crippen LogP contribution in [0.2, 0.25) is 0 Å². The Morgan fingerprint density at radius 3 is 2.71 bits per heavy atom. The summed E-state index contributed by atoms with van der Waals surface area (Å²) < 4.78 is 7.91. The van der Waals surface area contributed by atoms with Crippen LogP contribution in [-0.2, 0) is 17.8 Å². The van der Waals surface area contributed by atoms with Crippen molar-refractivity contribution in [3.63, 3.8) is 0 Å². The number of nitrogens with zero attached hydrogens (tertiary/aromatic N) is 3. The number of hydrogen-bond donors (Lipinski definition) is 1. The van der Waals surface area contributed by atoms with E-state index in [0.717, 1.165) is 16.9 Å². The molecular weight excluding hydrogens is 304 g/mol. The molecule has 0 bridgehead atoms. The fraction of sp³-hybridized carbons (Fsp3) is 0.278. The molecule has 2 aromatic heterocycles. The van der Waals surface area contributed by atoms with Crippen molar-refractivity contribution in [1.82, 2.24) is 14.5 Å². The van der Waals surface area contributed by atoms with Crippen molar-refractivity contribution in [2.75, 3.05) is 5.73 Å². The summed E-state index contributed by atoms with van der Waals surface area (Å²) in [6.45, 7) is 4.32. The van der Waals surface area contributed by atoms with Crippen LogP contribution in [0.4, 0.5) is 5.82 Å². The topological polar surface area (TPSA) is 83.0 Å². The van der Waals surface area contributed by atoms with Gasteiger partial charge in [-0.15, -0.1) is 0 Å². The van der Waals surface area contributed by atoms with Crippen molar-refractivity contribution in [3.8, 4) is 5.69 Å². The first-order valence-electron chi connectivity index (χ1n) is 7.84. The fourth-order valence-corrected chi connectivity index (χ4v) is 3.25. The maximum atomic E-state index is 13.0. The Labute approximate surface area is 138 Å². The molecule has 1 aliphatic rings. The Morgan fingerprint density at radius 2 is 1.96 bits per heavy atom. The first kappa shape index (κ1) is 14.8. The Balaban J connectivity index is 2.17. The first-order chi connectivity index (χ1) is 11.5. The molecule has 0 unspecified atom stereocenters. The Bertz CT molecular complexity index is 993. The van der Waals surface area contributed by atoms with Gasteiger partial charge in [0.1, 0.15) is 17.5 Å². The molecule has 2 N–H and O–H groups in total. The second kappa shape index (κ2) is 5.14. The summed E-state index contributed by atoms with van der Waals surface area (Å²) in [6, 6.07) is 9.79. The number of aromatic nitrogens is 3. The maximum Gasteiger partial charge on any atom is 0.198 e. The number of benzene rings is 1. The number of para-hydroxylation sites is 1. The Hall–Kier alpha value is -2.73. The molecule has 0 radical (unpaired) electrons. The minimum atomic E-state index is -0.390. The average Bonchev–Trinajstić information content (AvgIpc) is 2.56. The molecule has 3 aromatic rings. The molecule has 0 fully saturated rings. The smallest absolute Gasteiger partial charge is 0.198 e. The van der Waals surface area contributed by atoms with Gasteiger partial charge in [0.05, 0.1) is 17.9 Å². The van der Waals surface area contributed by atoms with E-state index in [4.69, 9.17) is 10.5 Å². The van der Waals surface area contributed by atoms with Gasteiger partial charge in [0.2, 0.25) is 0 Å². The van der Waals surface area contributed by atoms with Gasteiger partial charge in [-0.3, -0.25) is 9.36 Å². The zero-order chi connectivity index (χ0) is 16.9. The third kappa shape index (κ3) is 2.18. The average molecular weight is 322 g/mol. The highest BCUT2D eigenvalue weighted by Gasteiger charge is 2.32. The normalized spacial score (nSPS) is 16.1. The predicted octanol–water partition coefficient (Wildman–Crippen LogP) is 2.21. The number of nitrogen functional groups attached to an aromatic ring is 1. The molecule has 0 saturated heterocycles. The van der Waals surface area contributed by atoms with Crippen LogP contribution in [0.3, 0.4) is 0 Å². The molecule has 122 valence electrons. The zero-order valence-electron chi connectivity index (χ0n) is 13.6. The number of ether oxygens (including phenoxy) is 1. The summed E-state index contributed by atoms with van der Waals surface area (Å²) >= 11 is 0. The quantitative estimate of drug-likeness (QED) is 0.743. The molecule has 0 spiro atoms. The van der Waals surface area contributed by atoms with Crippen LogP contribution in [0.5, 0.6) is 0 Å². The van der Waals surface area contributed by atoms with E-state index >= 15 is 0 Å². The molecule has 24 heavy (non-hydrogen) atoms. The molecule has 1 aliphatic heterocycles. The molecule has 0 amide bonds. The van der Waals surface area contributed by atoms with Gasteiger partial charge < -0.3 is 10.5 Å². The number of nitrogens with two attached hydrogens (primary N) is 1. The predicted molar refractivity (Wildman–Crippen MR) is 92.1 cm³/mol. The SMILES string of the molecule is CC1(C)Cc2c(n(-c3ccccc3)c3ncnc(N)c3c2=O)CO1. The highest BCUT2D eigenvalue weighted by atomic mass is 16.5. The zero-order valence-corrected chi connectivity index (χ0v) is 13.6. The van der Waals surface area contributed by atoms with E-state index in [9.17, 15) is 4.79 Å². The number of hydrogen-bond acceptors (Lipinski definition) is 5. The molecule has 0 atom stereocenters. The van der Waals surface area contributed by atoms with Crippen molar-refractivity contribution in [2.45, 2.75) is 32.5 Å². The number of anilines is 1. The lowest BCUT2D eigenvalue weighted by molar-refractivity contribution is -0.0429. The van der Waals surface area contributed by atoms with E-state index in [1.807, 2.05) is 48.7 Å². The van der Waals surface area contributed by atoms with E-state index in [2.05, 4.69) is 9.97 Å². The second-order valence-corrected chi connectivity index (χ2v) is 6.61. The lowest BCUT2D eigenvalue weighted by atomic mass is 9.93. The third-order valence-electron chi connectivity index (χ3n) is 4.40. The molecule has 6 heteroatoms. The van der Waals surface area contributed by atoms with Crippen LogP contribution in [0.25, 0.3) is 16.7 Å². The monoisotopic (exact) mass is 322 g/mol. The van der Waals surface area contributed by atoms with Crippen LogP contribution < -0.4 is 11.2 Å². The molecule has 3 heterocycles. The van der Waals surface area contributed by atoms with Gasteiger partial charge in [0, 0.05) is 17.7 Å². The number of fused-ring (bicyclic) bond motifs is 2. The van der Waals surface area contributed by atoms with Crippen LogP contribution in [0.15, 0.2) is 41.5 Å². The highest BCUT2D eigenvalue weighted by Crippen LogP contribution is 2.30. The van der Waals surface area contributed by atoms with Gasteiger partial charge in [-0.1, -0.05) is 18.2 Å². The molecular formula is C18H18N4O2. The number of pyridine rings is 1. The van der Waals surface area contributed by atoms with Crippen molar-refractivity contribution >= 4 is 16.9 Å². The summed E-state index contributed by atoms with van der Waals surface area (Å²) in [4.78, 5) is 21.4. The Kier molecular flexibility index (Phi) is 3.18. The van der Waals surface area contributed by atoms with Crippen molar-refractivity contribution in [2.24, 2.45) is 0 Å². The van der Waals surface area contributed by atoms with Gasteiger partial charge in [-0.05, 0) is 26.0 Å². The van der Waals surface area contributed by atoms with Gasteiger partial charge in [0.15, 0.2) is 11.1 Å². The molecule has 1 aromatic carbocycles. The van der Waals surface area contributed by atoms with E-state index in [-0.39, 0.29) is 11.2 Å². The lowest BCUT2D eigenvalue weighted by Gasteiger charge is -2.33. The van der Waals surface area contributed by atoms with Crippen LogP contribution in [-0.4, -0.2) is 20.1 Å². The van der Waals surface area contributed by atoms with Crippen molar-refractivity contribution in [1.29, 1.82) is 0 Å². The third-order valence-corrected chi connectivity index (χ3v) is 4.40. The largest absolute Gasteiger partial charge is 0.383 e. The standard InChI is InChI=1S/C18H18N4O2/c1-18(2)8-12-13(9-24-18)22(11-6-4-3-5-7-11)17-14(15(12)23)16(19)20-10-21-17/h3-7,10H,8-9H2,1-2H3,(H2,19,20,21). The summed E-state index contributed by atoms with van der Waals surface area (Å²) in [5, 5.41) is 0.373. The van der Waals surface area contributed by atoms with Gasteiger partial charge in [0.25, 0.3) is 0 Å². The van der Waals surface area contributed by atoms with Gasteiger partial charge in [-0.2, -0.15) is 0 Å². The fourth-order valence-electron chi connectivity index (χ4n) is 3.25.